The second-order valence-electron chi connectivity index (χ2n) is 7.84. The molecular formula is C20H38O. The van der Waals surface area contributed by atoms with E-state index in [0.717, 1.165) is 19.3 Å². The molecule has 0 radical (unpaired) electrons. The molecule has 3 unspecified atom stereocenters. The quantitative estimate of drug-likeness (QED) is 0.534. The zero-order valence-electron chi connectivity index (χ0n) is 16.2. The van der Waals surface area contributed by atoms with Gasteiger partial charge in [-0.05, 0) is 49.0 Å². The minimum atomic E-state index is -0.134. The highest BCUT2D eigenvalue weighted by molar-refractivity contribution is 5.39. The molecule has 0 aromatic heterocycles. The van der Waals surface area contributed by atoms with Crippen molar-refractivity contribution in [3.8, 4) is 0 Å². The van der Waals surface area contributed by atoms with Crippen molar-refractivity contribution in [1.82, 2.24) is 0 Å². The van der Waals surface area contributed by atoms with Gasteiger partial charge in [-0.3, -0.25) is 0 Å². The minimum Gasteiger partial charge on any atom is -0.373 e. The molecule has 1 aliphatic carbocycles. The fourth-order valence-corrected chi connectivity index (χ4v) is 5.78. The number of hydrogen-bond donors (Lipinski definition) is 0. The van der Waals surface area contributed by atoms with Crippen LogP contribution in [0, 0.1) is 16.2 Å². The largest absolute Gasteiger partial charge is 0.373 e. The Morgan fingerprint density at radius 3 is 1.67 bits per heavy atom. The highest BCUT2D eigenvalue weighted by atomic mass is 16.5. The van der Waals surface area contributed by atoms with Crippen molar-refractivity contribution in [3.63, 3.8) is 0 Å². The number of allylic oxidation sites excluding steroid dienone is 1. The smallest absolute Gasteiger partial charge is 0.0943 e. The lowest BCUT2D eigenvalue weighted by molar-refractivity contribution is -0.185. The Balaban J connectivity index is 3.88. The van der Waals surface area contributed by atoms with Gasteiger partial charge < -0.3 is 4.74 Å². The molecule has 21 heavy (non-hydrogen) atoms. The van der Waals surface area contributed by atoms with Gasteiger partial charge in [0.05, 0.1) is 5.60 Å². The van der Waals surface area contributed by atoms with Crippen LogP contribution in [0.5, 0.6) is 0 Å². The lowest BCUT2D eigenvalue weighted by Crippen LogP contribution is -2.64. The Morgan fingerprint density at radius 2 is 1.38 bits per heavy atom. The average molecular weight is 295 g/mol. The van der Waals surface area contributed by atoms with E-state index in [2.05, 4.69) is 62.3 Å². The molecule has 0 heterocycles. The summed E-state index contributed by atoms with van der Waals surface area (Å²) in [7, 11) is 1.92. The monoisotopic (exact) mass is 294 g/mol. The van der Waals surface area contributed by atoms with Crippen LogP contribution < -0.4 is 0 Å². The van der Waals surface area contributed by atoms with Gasteiger partial charge in [0.25, 0.3) is 0 Å². The molecule has 0 saturated carbocycles. The molecule has 0 aromatic rings. The van der Waals surface area contributed by atoms with E-state index in [1.54, 1.807) is 5.57 Å². The molecule has 1 aliphatic rings. The van der Waals surface area contributed by atoms with Gasteiger partial charge in [0, 0.05) is 12.5 Å². The molecule has 1 nitrogen and oxygen atoms in total. The molecule has 0 spiro atoms. The molecule has 1 rings (SSSR count). The Morgan fingerprint density at radius 1 is 0.857 bits per heavy atom. The van der Waals surface area contributed by atoms with Crippen molar-refractivity contribution in [2.75, 3.05) is 7.11 Å². The zero-order chi connectivity index (χ0) is 16.7. The van der Waals surface area contributed by atoms with Crippen molar-refractivity contribution in [1.29, 1.82) is 0 Å². The molecule has 124 valence electrons. The van der Waals surface area contributed by atoms with E-state index in [1.165, 1.54) is 12.0 Å². The Hall–Kier alpha value is -0.300. The highest BCUT2D eigenvalue weighted by Crippen LogP contribution is 2.69. The van der Waals surface area contributed by atoms with Crippen LogP contribution >= 0.6 is 0 Å². The van der Waals surface area contributed by atoms with Crippen molar-refractivity contribution in [3.05, 3.63) is 11.1 Å². The Bertz CT molecular complexity index is 414. The van der Waals surface area contributed by atoms with Crippen LogP contribution in [0.25, 0.3) is 0 Å². The van der Waals surface area contributed by atoms with Crippen LogP contribution in [0.4, 0.5) is 0 Å². The molecule has 0 amide bonds. The molecule has 0 fully saturated rings. The maximum absolute atomic E-state index is 6.29. The SMILES string of the molecule is CCC1=C(C)C(CC)(OC)C(C)(CC)C(C)(C)C1(C)CC. The molecular weight excluding hydrogens is 256 g/mol. The van der Waals surface area contributed by atoms with Crippen LogP contribution in [-0.4, -0.2) is 12.7 Å². The third-order valence-corrected chi connectivity index (χ3v) is 7.99. The van der Waals surface area contributed by atoms with Gasteiger partial charge in [0.15, 0.2) is 0 Å². The average Bonchev–Trinajstić information content (AvgIpc) is 2.47. The van der Waals surface area contributed by atoms with Crippen molar-refractivity contribution >= 4 is 0 Å². The van der Waals surface area contributed by atoms with E-state index >= 15 is 0 Å². The van der Waals surface area contributed by atoms with Crippen LogP contribution in [-0.2, 0) is 4.74 Å². The summed E-state index contributed by atoms with van der Waals surface area (Å²) >= 11 is 0. The van der Waals surface area contributed by atoms with E-state index in [4.69, 9.17) is 4.74 Å². The van der Waals surface area contributed by atoms with E-state index in [0.29, 0.717) is 0 Å². The summed E-state index contributed by atoms with van der Waals surface area (Å²) in [6.07, 6.45) is 4.52. The molecule has 0 N–H and O–H groups in total. The molecule has 0 saturated heterocycles. The summed E-state index contributed by atoms with van der Waals surface area (Å²) in [5, 5.41) is 0. The number of hydrogen-bond acceptors (Lipinski definition) is 1. The molecule has 0 aliphatic heterocycles. The summed E-state index contributed by atoms with van der Waals surface area (Å²) in [5.41, 5.74) is 3.57. The Labute approximate surface area is 133 Å². The topological polar surface area (TPSA) is 9.23 Å². The van der Waals surface area contributed by atoms with Gasteiger partial charge in [-0.25, -0.2) is 0 Å². The lowest BCUT2D eigenvalue weighted by atomic mass is 9.40. The summed E-state index contributed by atoms with van der Waals surface area (Å²) in [4.78, 5) is 0. The van der Waals surface area contributed by atoms with Gasteiger partial charge in [-0.1, -0.05) is 61.0 Å². The van der Waals surface area contributed by atoms with Gasteiger partial charge in [0.2, 0.25) is 0 Å². The van der Waals surface area contributed by atoms with Crippen molar-refractivity contribution < 1.29 is 4.74 Å². The summed E-state index contributed by atoms with van der Waals surface area (Å²) in [6, 6.07) is 0. The first-order valence-electron chi connectivity index (χ1n) is 8.86. The second kappa shape index (κ2) is 5.72. The summed E-state index contributed by atoms with van der Waals surface area (Å²) < 4.78 is 6.29. The minimum absolute atomic E-state index is 0.134. The predicted octanol–water partition coefficient (Wildman–Crippen LogP) is 6.38. The number of ether oxygens (including phenoxy) is 1. The normalized spacial score (nSPS) is 39.7. The fraction of sp³-hybridized carbons (Fsp3) is 0.900. The third kappa shape index (κ3) is 1.92. The molecule has 0 bridgehead atoms. The van der Waals surface area contributed by atoms with Crippen LogP contribution in [0.2, 0.25) is 0 Å². The standard InChI is InChI=1S/C20H38O/c1-11-16-15(5)20(14-4,21-10)19(9,13-3)17(6,7)18(16,8)12-2/h11-14H2,1-10H3. The third-order valence-electron chi connectivity index (χ3n) is 7.99. The van der Waals surface area contributed by atoms with E-state index in [1.807, 2.05) is 7.11 Å². The number of methoxy groups -OCH3 is 1. The molecule has 3 atom stereocenters. The molecule has 0 aromatic carbocycles. The lowest BCUT2D eigenvalue weighted by Gasteiger charge is -2.67. The Kier molecular flexibility index (Phi) is 5.11. The molecule has 1 heteroatoms. The maximum Gasteiger partial charge on any atom is 0.0943 e. The van der Waals surface area contributed by atoms with Gasteiger partial charge >= 0.3 is 0 Å². The van der Waals surface area contributed by atoms with Crippen LogP contribution in [0.15, 0.2) is 11.1 Å². The van der Waals surface area contributed by atoms with Crippen LogP contribution in [0.3, 0.4) is 0 Å². The summed E-state index contributed by atoms with van der Waals surface area (Å²) in [6.45, 7) is 21.5. The van der Waals surface area contributed by atoms with Gasteiger partial charge in [-0.2, -0.15) is 0 Å². The number of rotatable bonds is 5. The van der Waals surface area contributed by atoms with Crippen molar-refractivity contribution in [2.24, 2.45) is 16.2 Å². The second-order valence-corrected chi connectivity index (χ2v) is 7.84. The maximum atomic E-state index is 6.29. The highest BCUT2D eigenvalue weighted by Gasteiger charge is 2.65. The first-order valence-corrected chi connectivity index (χ1v) is 8.86. The van der Waals surface area contributed by atoms with Gasteiger partial charge in [-0.15, -0.1) is 0 Å². The summed E-state index contributed by atoms with van der Waals surface area (Å²) in [5.74, 6) is 0. The van der Waals surface area contributed by atoms with Gasteiger partial charge in [0.1, 0.15) is 0 Å². The zero-order valence-corrected chi connectivity index (χ0v) is 16.2. The predicted molar refractivity (Wildman–Crippen MR) is 93.6 cm³/mol. The fourth-order valence-electron chi connectivity index (χ4n) is 5.78. The van der Waals surface area contributed by atoms with E-state index in [-0.39, 0.29) is 21.8 Å². The first-order chi connectivity index (χ1) is 9.60. The van der Waals surface area contributed by atoms with Crippen molar-refractivity contribution in [2.45, 2.75) is 93.6 Å². The first kappa shape index (κ1) is 18.7. The van der Waals surface area contributed by atoms with E-state index in [9.17, 15) is 0 Å². The van der Waals surface area contributed by atoms with Crippen LogP contribution in [0.1, 0.15) is 88.0 Å². The van der Waals surface area contributed by atoms with E-state index < -0.39 is 0 Å².